The first-order valence-corrected chi connectivity index (χ1v) is 14.0. The van der Waals surface area contributed by atoms with Gasteiger partial charge in [-0.1, -0.05) is 39.7 Å². The SMILES string of the molecule is Cc1cc([C@H]2C3=CC[C@@H]4C(=O)N(c5ccc(Br)cc5)C(=O)[C@@H]4[C@@H]3CC3=C2C(=O)C=C(Br)C3=O)cc(C)c1O. The van der Waals surface area contributed by atoms with Gasteiger partial charge in [-0.15, -0.1) is 0 Å². The average molecular weight is 637 g/mol. The van der Waals surface area contributed by atoms with Crippen molar-refractivity contribution >= 4 is 60.9 Å². The summed E-state index contributed by atoms with van der Waals surface area (Å²) in [5.41, 5.74) is 4.34. The minimum absolute atomic E-state index is 0.184. The maximum Gasteiger partial charge on any atom is 0.238 e. The summed E-state index contributed by atoms with van der Waals surface area (Å²) in [6.07, 6.45) is 3.92. The lowest BCUT2D eigenvalue weighted by Crippen LogP contribution is -2.39. The Morgan fingerprint density at radius 1 is 0.921 bits per heavy atom. The predicted molar refractivity (Wildman–Crippen MR) is 149 cm³/mol. The third-order valence-corrected chi connectivity index (χ3v) is 9.38. The first kappa shape index (κ1) is 25.2. The van der Waals surface area contributed by atoms with Gasteiger partial charge in [0.2, 0.25) is 11.8 Å². The summed E-state index contributed by atoms with van der Waals surface area (Å²) >= 11 is 6.65. The fourth-order valence-electron chi connectivity index (χ4n) is 6.59. The van der Waals surface area contributed by atoms with Crippen molar-refractivity contribution in [3.05, 3.63) is 90.9 Å². The summed E-state index contributed by atoms with van der Waals surface area (Å²) in [6.45, 7) is 3.60. The monoisotopic (exact) mass is 635 g/mol. The lowest BCUT2D eigenvalue weighted by Gasteiger charge is -2.42. The first-order valence-electron chi connectivity index (χ1n) is 12.4. The second kappa shape index (κ2) is 8.99. The van der Waals surface area contributed by atoms with Gasteiger partial charge >= 0.3 is 0 Å². The fourth-order valence-corrected chi connectivity index (χ4v) is 7.30. The number of phenols is 1. The maximum atomic E-state index is 13.9. The molecule has 0 unspecified atom stereocenters. The van der Waals surface area contributed by atoms with Crippen LogP contribution in [0.3, 0.4) is 0 Å². The average Bonchev–Trinajstić information content (AvgIpc) is 3.14. The van der Waals surface area contributed by atoms with E-state index in [2.05, 4.69) is 31.9 Å². The normalized spacial score (nSPS) is 26.7. The molecule has 6 nitrogen and oxygen atoms in total. The van der Waals surface area contributed by atoms with Crippen molar-refractivity contribution in [1.82, 2.24) is 0 Å². The Morgan fingerprint density at radius 3 is 2.24 bits per heavy atom. The highest BCUT2D eigenvalue weighted by Crippen LogP contribution is 2.56. The molecule has 4 atom stereocenters. The second-order valence-corrected chi connectivity index (χ2v) is 12.2. The molecule has 2 aromatic carbocycles. The number of phenolic OH excluding ortho intramolecular Hbond substituents is 1. The van der Waals surface area contributed by atoms with Crippen molar-refractivity contribution in [2.45, 2.75) is 32.6 Å². The van der Waals surface area contributed by atoms with E-state index in [1.807, 2.05) is 18.2 Å². The maximum absolute atomic E-state index is 13.9. The van der Waals surface area contributed by atoms with Gasteiger partial charge in [0.1, 0.15) is 5.75 Å². The molecule has 0 aromatic heterocycles. The summed E-state index contributed by atoms with van der Waals surface area (Å²) in [6, 6.07) is 10.7. The highest BCUT2D eigenvalue weighted by atomic mass is 79.9. The van der Waals surface area contributed by atoms with Gasteiger partial charge in [0.25, 0.3) is 0 Å². The van der Waals surface area contributed by atoms with Crippen LogP contribution in [0.2, 0.25) is 0 Å². The number of amides is 2. The molecule has 2 amide bonds. The smallest absolute Gasteiger partial charge is 0.238 e. The molecule has 1 fully saturated rings. The molecule has 0 radical (unpaired) electrons. The number of Topliss-reactive ketones (excluding diaryl/α,β-unsaturated/α-hetero) is 1. The Bertz CT molecular complexity index is 1540. The standard InChI is InChI=1S/C30H23Br2NO5/c1-13-9-15(10-14(2)27(13)35)24-18-7-8-19-25(20(18)11-21-26(24)23(34)12-22(32)28(21)36)30(38)33(29(19)37)17-5-3-16(31)4-6-17/h3-7,9-10,12,19-20,24-25,35H,8,11H2,1-2H3/t19-,20+,24-,25-/m0/s1. The van der Waals surface area contributed by atoms with Crippen LogP contribution in [0.5, 0.6) is 5.75 Å². The molecule has 0 spiro atoms. The zero-order valence-electron chi connectivity index (χ0n) is 20.6. The molecule has 0 bridgehead atoms. The lowest BCUT2D eigenvalue weighted by atomic mass is 9.59. The summed E-state index contributed by atoms with van der Waals surface area (Å²) in [5.74, 6) is -2.94. The minimum Gasteiger partial charge on any atom is -0.507 e. The number of allylic oxidation sites excluding steroid dienone is 6. The van der Waals surface area contributed by atoms with Crippen LogP contribution in [0.1, 0.15) is 35.4 Å². The summed E-state index contributed by atoms with van der Waals surface area (Å²) < 4.78 is 1.04. The van der Waals surface area contributed by atoms with Gasteiger partial charge in [-0.2, -0.15) is 0 Å². The zero-order valence-corrected chi connectivity index (χ0v) is 23.8. The molecule has 4 aliphatic rings. The van der Waals surface area contributed by atoms with Crippen LogP contribution in [0, 0.1) is 31.6 Å². The van der Waals surface area contributed by atoms with Gasteiger partial charge < -0.3 is 5.11 Å². The van der Waals surface area contributed by atoms with Crippen LogP contribution >= 0.6 is 31.9 Å². The Labute approximate surface area is 236 Å². The number of nitrogens with zero attached hydrogens (tertiary/aromatic N) is 1. The van der Waals surface area contributed by atoms with Crippen molar-refractivity contribution in [2.24, 2.45) is 17.8 Å². The number of ketones is 2. The van der Waals surface area contributed by atoms with Crippen LogP contribution in [-0.2, 0) is 19.2 Å². The number of aryl methyl sites for hydroxylation is 2. The van der Waals surface area contributed by atoms with E-state index in [-0.39, 0.29) is 40.0 Å². The fraction of sp³-hybridized carbons (Fsp3) is 0.267. The topological polar surface area (TPSA) is 91.8 Å². The van der Waals surface area contributed by atoms with E-state index in [0.29, 0.717) is 34.4 Å². The van der Waals surface area contributed by atoms with Crippen molar-refractivity contribution in [2.75, 3.05) is 4.90 Å². The van der Waals surface area contributed by atoms with Crippen molar-refractivity contribution in [3.8, 4) is 5.75 Å². The number of hydrogen-bond acceptors (Lipinski definition) is 5. The number of rotatable bonds is 2. The van der Waals surface area contributed by atoms with Gasteiger partial charge in [0.15, 0.2) is 11.6 Å². The van der Waals surface area contributed by atoms with Crippen LogP contribution in [-0.4, -0.2) is 28.5 Å². The number of hydrogen-bond donors (Lipinski definition) is 1. The third kappa shape index (κ3) is 3.64. The molecule has 38 heavy (non-hydrogen) atoms. The van der Waals surface area contributed by atoms with Crippen molar-refractivity contribution in [1.29, 1.82) is 0 Å². The molecule has 1 N–H and O–H groups in total. The molecule has 8 heteroatoms. The molecule has 3 aliphatic carbocycles. The number of carbonyl (C=O) groups excluding carboxylic acids is 4. The first-order chi connectivity index (χ1) is 18.1. The molecular formula is C30H23Br2NO5. The van der Waals surface area contributed by atoms with E-state index in [4.69, 9.17) is 0 Å². The molecule has 0 saturated carbocycles. The van der Waals surface area contributed by atoms with E-state index in [0.717, 1.165) is 15.6 Å². The van der Waals surface area contributed by atoms with Crippen LogP contribution < -0.4 is 4.90 Å². The van der Waals surface area contributed by atoms with Gasteiger partial charge in [-0.25, -0.2) is 0 Å². The van der Waals surface area contributed by atoms with Gasteiger partial charge in [0, 0.05) is 27.6 Å². The van der Waals surface area contributed by atoms with E-state index in [1.54, 1.807) is 38.1 Å². The number of aromatic hydroxyl groups is 1. The Hall–Kier alpha value is -3.10. The number of carbonyl (C=O) groups is 4. The quantitative estimate of drug-likeness (QED) is 0.258. The molecule has 1 saturated heterocycles. The number of anilines is 1. The molecule has 1 heterocycles. The molecule has 6 rings (SSSR count). The third-order valence-electron chi connectivity index (χ3n) is 8.26. The lowest BCUT2D eigenvalue weighted by molar-refractivity contribution is -0.123. The van der Waals surface area contributed by atoms with E-state index < -0.39 is 23.7 Å². The highest BCUT2D eigenvalue weighted by molar-refractivity contribution is 9.12. The van der Waals surface area contributed by atoms with Crippen molar-refractivity contribution in [3.63, 3.8) is 0 Å². The minimum atomic E-state index is -0.630. The van der Waals surface area contributed by atoms with Crippen LogP contribution in [0.25, 0.3) is 0 Å². The van der Waals surface area contributed by atoms with E-state index in [9.17, 15) is 24.3 Å². The number of fused-ring (bicyclic) bond motifs is 3. The van der Waals surface area contributed by atoms with E-state index >= 15 is 0 Å². The van der Waals surface area contributed by atoms with Gasteiger partial charge in [-0.3, -0.25) is 24.1 Å². The predicted octanol–water partition coefficient (Wildman–Crippen LogP) is 5.74. The summed E-state index contributed by atoms with van der Waals surface area (Å²) in [4.78, 5) is 55.4. The zero-order chi connectivity index (χ0) is 27.0. The number of benzene rings is 2. The number of imide groups is 1. The highest BCUT2D eigenvalue weighted by Gasteiger charge is 2.56. The molecular weight excluding hydrogens is 614 g/mol. The second-order valence-electron chi connectivity index (χ2n) is 10.4. The largest absolute Gasteiger partial charge is 0.507 e. The summed E-state index contributed by atoms with van der Waals surface area (Å²) in [7, 11) is 0. The van der Waals surface area contributed by atoms with Gasteiger partial charge in [-0.05, 0) is 89.5 Å². The number of halogens is 2. The van der Waals surface area contributed by atoms with Crippen molar-refractivity contribution < 1.29 is 24.3 Å². The van der Waals surface area contributed by atoms with Crippen LogP contribution in [0.15, 0.2) is 74.2 Å². The van der Waals surface area contributed by atoms with Gasteiger partial charge in [0.05, 0.1) is 22.0 Å². The van der Waals surface area contributed by atoms with E-state index in [1.165, 1.54) is 11.0 Å². The molecule has 192 valence electrons. The molecule has 1 aliphatic heterocycles. The Kier molecular flexibility index (Phi) is 5.96. The summed E-state index contributed by atoms with van der Waals surface area (Å²) in [5, 5.41) is 10.4. The van der Waals surface area contributed by atoms with Crippen LogP contribution in [0.4, 0.5) is 5.69 Å². The molecule has 2 aromatic rings. The Balaban J connectivity index is 1.50. The Morgan fingerprint density at radius 2 is 1.58 bits per heavy atom.